The number of hydrogen-bond donors (Lipinski definition) is 2. The van der Waals surface area contributed by atoms with Gasteiger partial charge in [-0.2, -0.15) is 0 Å². The summed E-state index contributed by atoms with van der Waals surface area (Å²) in [6, 6.07) is 9.53. The molecule has 1 aromatic heterocycles. The van der Waals surface area contributed by atoms with E-state index < -0.39 is 29.9 Å². The van der Waals surface area contributed by atoms with E-state index in [2.05, 4.69) is 10.6 Å². The Morgan fingerprint density at radius 2 is 1.81 bits per heavy atom. The number of esters is 1. The number of carbonyl (C=O) groups excluding carboxylic acids is 3. The first-order chi connectivity index (χ1) is 12.4. The lowest BCUT2D eigenvalue weighted by molar-refractivity contribution is -0.154. The van der Waals surface area contributed by atoms with Gasteiger partial charge in [0, 0.05) is 5.69 Å². The fraction of sp³-hybridized carbons (Fsp3) is 0.316. The maximum atomic E-state index is 12.1. The Bertz CT molecular complexity index is 753. The van der Waals surface area contributed by atoms with Crippen LogP contribution in [0.15, 0.2) is 47.1 Å². The third-order valence-electron chi connectivity index (χ3n) is 3.74. The number of benzene rings is 1. The molecule has 0 radical (unpaired) electrons. The molecule has 0 aliphatic heterocycles. The van der Waals surface area contributed by atoms with Gasteiger partial charge in [0.25, 0.3) is 11.8 Å². The molecule has 7 nitrogen and oxygen atoms in total. The van der Waals surface area contributed by atoms with Gasteiger partial charge in [0.15, 0.2) is 11.9 Å². The van der Waals surface area contributed by atoms with E-state index in [0.717, 1.165) is 12.0 Å². The molecule has 0 saturated heterocycles. The maximum Gasteiger partial charge on any atom is 0.329 e. The molecule has 0 spiro atoms. The normalized spacial score (nSPS) is 12.7. The monoisotopic (exact) mass is 358 g/mol. The summed E-state index contributed by atoms with van der Waals surface area (Å²) >= 11 is 0. The summed E-state index contributed by atoms with van der Waals surface area (Å²) in [6.45, 7) is 4.98. The summed E-state index contributed by atoms with van der Waals surface area (Å²) in [5, 5.41) is 5.13. The minimum absolute atomic E-state index is 0.0889. The maximum absolute atomic E-state index is 12.1. The molecule has 0 unspecified atom stereocenters. The average Bonchev–Trinajstić information content (AvgIpc) is 3.17. The number of anilines is 1. The van der Waals surface area contributed by atoms with E-state index in [4.69, 9.17) is 9.15 Å². The Kier molecular flexibility index (Phi) is 6.54. The second-order valence-electron chi connectivity index (χ2n) is 5.79. The zero-order chi connectivity index (χ0) is 19.1. The molecule has 2 amide bonds. The van der Waals surface area contributed by atoms with Crippen LogP contribution in [0.3, 0.4) is 0 Å². The SMILES string of the molecule is CCc1ccc(NC(=O)[C@@H](C)OC(=O)[C@H](C)NC(=O)c2ccco2)cc1. The first-order valence-electron chi connectivity index (χ1n) is 8.35. The molecule has 26 heavy (non-hydrogen) atoms. The number of ether oxygens (including phenoxy) is 1. The van der Waals surface area contributed by atoms with Crippen LogP contribution in [0.5, 0.6) is 0 Å². The lowest BCUT2D eigenvalue weighted by Gasteiger charge is -2.17. The second kappa shape index (κ2) is 8.84. The van der Waals surface area contributed by atoms with Crippen molar-refractivity contribution in [3.8, 4) is 0 Å². The zero-order valence-electron chi connectivity index (χ0n) is 14.9. The highest BCUT2D eigenvalue weighted by atomic mass is 16.5. The molecule has 2 N–H and O–H groups in total. The Labute approximate surface area is 151 Å². The molecule has 2 atom stereocenters. The Morgan fingerprint density at radius 3 is 2.38 bits per heavy atom. The smallest absolute Gasteiger partial charge is 0.329 e. The molecule has 2 rings (SSSR count). The summed E-state index contributed by atoms with van der Waals surface area (Å²) in [6.07, 6.45) is 1.26. The summed E-state index contributed by atoms with van der Waals surface area (Å²) < 4.78 is 10.1. The highest BCUT2D eigenvalue weighted by Gasteiger charge is 2.24. The molecular weight excluding hydrogens is 336 g/mol. The van der Waals surface area contributed by atoms with Crippen LogP contribution in [0.4, 0.5) is 5.69 Å². The molecule has 0 aliphatic rings. The van der Waals surface area contributed by atoms with Crippen LogP contribution >= 0.6 is 0 Å². The van der Waals surface area contributed by atoms with Crippen LogP contribution in [0.1, 0.15) is 36.9 Å². The van der Waals surface area contributed by atoms with Gasteiger partial charge in [0.1, 0.15) is 6.04 Å². The molecular formula is C19H22N2O5. The van der Waals surface area contributed by atoms with Crippen molar-refractivity contribution in [2.24, 2.45) is 0 Å². The number of furan rings is 1. The van der Waals surface area contributed by atoms with Gasteiger partial charge >= 0.3 is 5.97 Å². The number of amides is 2. The molecule has 1 aromatic carbocycles. The molecule has 7 heteroatoms. The first kappa shape index (κ1) is 19.2. The summed E-state index contributed by atoms with van der Waals surface area (Å²) in [4.78, 5) is 36.0. The predicted octanol–water partition coefficient (Wildman–Crippen LogP) is 2.53. The Hall–Kier alpha value is -3.09. The van der Waals surface area contributed by atoms with Crippen molar-refractivity contribution < 1.29 is 23.5 Å². The fourth-order valence-corrected chi connectivity index (χ4v) is 2.13. The molecule has 138 valence electrons. The van der Waals surface area contributed by atoms with E-state index in [1.807, 2.05) is 19.1 Å². The van der Waals surface area contributed by atoms with Gasteiger partial charge < -0.3 is 19.8 Å². The molecule has 1 heterocycles. The minimum Gasteiger partial charge on any atom is -0.459 e. The number of nitrogens with one attached hydrogen (secondary N) is 2. The average molecular weight is 358 g/mol. The molecule has 0 bridgehead atoms. The number of aryl methyl sites for hydroxylation is 1. The van der Waals surface area contributed by atoms with Crippen LogP contribution in [-0.4, -0.2) is 29.9 Å². The Balaban J connectivity index is 1.84. The summed E-state index contributed by atoms with van der Waals surface area (Å²) in [7, 11) is 0. The summed E-state index contributed by atoms with van der Waals surface area (Å²) in [5.41, 5.74) is 1.78. The van der Waals surface area contributed by atoms with Crippen molar-refractivity contribution in [3.05, 3.63) is 54.0 Å². The molecule has 0 saturated carbocycles. The van der Waals surface area contributed by atoms with E-state index in [0.29, 0.717) is 5.69 Å². The topological polar surface area (TPSA) is 97.6 Å². The fourth-order valence-electron chi connectivity index (χ4n) is 2.13. The van der Waals surface area contributed by atoms with Gasteiger partial charge in [-0.1, -0.05) is 19.1 Å². The number of rotatable bonds is 7. The van der Waals surface area contributed by atoms with Gasteiger partial charge in [-0.3, -0.25) is 9.59 Å². The molecule has 0 aliphatic carbocycles. The van der Waals surface area contributed by atoms with Gasteiger partial charge in [-0.05, 0) is 50.1 Å². The van der Waals surface area contributed by atoms with Crippen LogP contribution < -0.4 is 10.6 Å². The molecule has 0 fully saturated rings. The second-order valence-corrected chi connectivity index (χ2v) is 5.79. The van der Waals surface area contributed by atoms with E-state index >= 15 is 0 Å². The molecule has 2 aromatic rings. The van der Waals surface area contributed by atoms with Crippen LogP contribution in [0.2, 0.25) is 0 Å². The van der Waals surface area contributed by atoms with Crippen molar-refractivity contribution in [1.82, 2.24) is 5.32 Å². The number of carbonyl (C=O) groups is 3. The summed E-state index contributed by atoms with van der Waals surface area (Å²) in [5.74, 6) is -1.61. The van der Waals surface area contributed by atoms with Gasteiger partial charge in [0.05, 0.1) is 6.26 Å². The lowest BCUT2D eigenvalue weighted by atomic mass is 10.1. The van der Waals surface area contributed by atoms with Crippen molar-refractivity contribution in [2.45, 2.75) is 39.3 Å². The van der Waals surface area contributed by atoms with E-state index in [9.17, 15) is 14.4 Å². The standard InChI is InChI=1S/C19H22N2O5/c1-4-14-7-9-15(10-8-14)21-17(22)13(3)26-19(24)12(2)20-18(23)16-6-5-11-25-16/h5-13H,4H2,1-3H3,(H,20,23)(H,21,22)/t12-,13+/m0/s1. The predicted molar refractivity (Wildman–Crippen MR) is 95.6 cm³/mol. The highest BCUT2D eigenvalue weighted by Crippen LogP contribution is 2.11. The first-order valence-corrected chi connectivity index (χ1v) is 8.35. The van der Waals surface area contributed by atoms with Crippen LogP contribution in [0.25, 0.3) is 0 Å². The van der Waals surface area contributed by atoms with Crippen LogP contribution in [-0.2, 0) is 20.7 Å². The third kappa shape index (κ3) is 5.20. The van der Waals surface area contributed by atoms with Crippen LogP contribution in [0, 0.1) is 0 Å². The highest BCUT2D eigenvalue weighted by molar-refractivity contribution is 5.97. The third-order valence-corrected chi connectivity index (χ3v) is 3.74. The van der Waals surface area contributed by atoms with Gasteiger partial charge in [-0.25, -0.2) is 4.79 Å². The Morgan fingerprint density at radius 1 is 1.12 bits per heavy atom. The van der Waals surface area contributed by atoms with Crippen molar-refractivity contribution >= 4 is 23.5 Å². The largest absolute Gasteiger partial charge is 0.459 e. The van der Waals surface area contributed by atoms with Crippen molar-refractivity contribution in [1.29, 1.82) is 0 Å². The number of hydrogen-bond acceptors (Lipinski definition) is 5. The van der Waals surface area contributed by atoms with Crippen molar-refractivity contribution in [2.75, 3.05) is 5.32 Å². The van der Waals surface area contributed by atoms with Gasteiger partial charge in [0.2, 0.25) is 0 Å². The van der Waals surface area contributed by atoms with E-state index in [-0.39, 0.29) is 5.76 Å². The van der Waals surface area contributed by atoms with Gasteiger partial charge in [-0.15, -0.1) is 0 Å². The lowest BCUT2D eigenvalue weighted by Crippen LogP contribution is -2.42. The van der Waals surface area contributed by atoms with E-state index in [1.165, 1.54) is 26.2 Å². The quantitative estimate of drug-likeness (QED) is 0.741. The minimum atomic E-state index is -1.00. The van der Waals surface area contributed by atoms with E-state index in [1.54, 1.807) is 18.2 Å². The van der Waals surface area contributed by atoms with Crippen molar-refractivity contribution in [3.63, 3.8) is 0 Å². The zero-order valence-corrected chi connectivity index (χ0v) is 14.9.